The normalized spacial score (nSPS) is 11.1. The summed E-state index contributed by atoms with van der Waals surface area (Å²) in [5.74, 6) is 0.543. The molecule has 0 aliphatic carbocycles. The third-order valence-corrected chi connectivity index (χ3v) is 3.14. The summed E-state index contributed by atoms with van der Waals surface area (Å²) in [7, 11) is 0. The quantitative estimate of drug-likeness (QED) is 0.762. The average Bonchev–Trinajstić information content (AvgIpc) is 2.18. The molecule has 0 bridgehead atoms. The lowest BCUT2D eigenvalue weighted by Crippen LogP contribution is -2.17. The molecule has 0 aliphatic heterocycles. The van der Waals surface area contributed by atoms with Crippen molar-refractivity contribution in [3.63, 3.8) is 0 Å². The van der Waals surface area contributed by atoms with E-state index in [4.69, 9.17) is 0 Å². The first-order valence-electron chi connectivity index (χ1n) is 5.40. The van der Waals surface area contributed by atoms with Crippen LogP contribution in [-0.4, -0.2) is 4.98 Å². The molecule has 2 nitrogen and oxygen atoms in total. The molecule has 15 heavy (non-hydrogen) atoms. The fourth-order valence-electron chi connectivity index (χ4n) is 1.70. The Morgan fingerprint density at radius 2 is 2.00 bits per heavy atom. The monoisotopic (exact) mass is 225 g/mol. The Balaban J connectivity index is 3.34. The molecule has 0 aromatic carbocycles. The molecule has 3 heteroatoms. The summed E-state index contributed by atoms with van der Waals surface area (Å²) in [4.78, 5) is 15.5. The standard InChI is InChI=1S/C12H19NOS/c1-5-10-11(15)9(6-7(2)3)8(4)12(14)13-10/h7,15H,5-6H2,1-4H3,(H,13,14). The second-order valence-corrected chi connectivity index (χ2v) is 4.78. The Morgan fingerprint density at radius 1 is 1.40 bits per heavy atom. The largest absolute Gasteiger partial charge is 0.325 e. The SMILES string of the molecule is CCc1[nH]c(=O)c(C)c(CC(C)C)c1S. The van der Waals surface area contributed by atoms with Gasteiger partial charge in [-0.05, 0) is 31.2 Å². The van der Waals surface area contributed by atoms with E-state index in [1.54, 1.807) is 0 Å². The van der Waals surface area contributed by atoms with Crippen molar-refractivity contribution in [2.75, 3.05) is 0 Å². The Hall–Kier alpha value is -0.700. The van der Waals surface area contributed by atoms with Crippen molar-refractivity contribution >= 4 is 12.6 Å². The van der Waals surface area contributed by atoms with E-state index in [2.05, 4.69) is 31.5 Å². The molecule has 1 N–H and O–H groups in total. The van der Waals surface area contributed by atoms with Crippen LogP contribution in [0.3, 0.4) is 0 Å². The molecule has 84 valence electrons. The predicted octanol–water partition coefficient (Wildman–Crippen LogP) is 2.73. The van der Waals surface area contributed by atoms with Crippen LogP contribution >= 0.6 is 12.6 Å². The number of rotatable bonds is 3. The third-order valence-electron chi connectivity index (χ3n) is 2.60. The van der Waals surface area contributed by atoms with Gasteiger partial charge in [0.1, 0.15) is 0 Å². The van der Waals surface area contributed by atoms with Gasteiger partial charge in [-0.15, -0.1) is 12.6 Å². The molecule has 0 unspecified atom stereocenters. The molecule has 1 rings (SSSR count). The van der Waals surface area contributed by atoms with Gasteiger partial charge < -0.3 is 4.98 Å². The minimum absolute atomic E-state index is 0.0281. The maximum Gasteiger partial charge on any atom is 0.251 e. The lowest BCUT2D eigenvalue weighted by molar-refractivity contribution is 0.633. The van der Waals surface area contributed by atoms with Crippen LogP contribution in [0.15, 0.2) is 9.69 Å². The first-order valence-corrected chi connectivity index (χ1v) is 5.85. The summed E-state index contributed by atoms with van der Waals surface area (Å²) in [6.45, 7) is 8.20. The van der Waals surface area contributed by atoms with Gasteiger partial charge in [-0.2, -0.15) is 0 Å². The average molecular weight is 225 g/mol. The highest BCUT2D eigenvalue weighted by molar-refractivity contribution is 7.80. The number of hydrogen-bond acceptors (Lipinski definition) is 2. The van der Waals surface area contributed by atoms with E-state index >= 15 is 0 Å². The topological polar surface area (TPSA) is 32.9 Å². The summed E-state index contributed by atoms with van der Waals surface area (Å²) in [6, 6.07) is 0. The van der Waals surface area contributed by atoms with Crippen LogP contribution in [0.25, 0.3) is 0 Å². The molecule has 1 heterocycles. The molecule has 0 fully saturated rings. The predicted molar refractivity (Wildman–Crippen MR) is 67.0 cm³/mol. The van der Waals surface area contributed by atoms with Crippen LogP contribution < -0.4 is 5.56 Å². The Kier molecular flexibility index (Phi) is 4.03. The molecule has 1 aromatic heterocycles. The molecular formula is C12H19NOS. The van der Waals surface area contributed by atoms with E-state index in [9.17, 15) is 4.79 Å². The second kappa shape index (κ2) is 4.88. The van der Waals surface area contributed by atoms with Crippen LogP contribution in [0.1, 0.15) is 37.6 Å². The van der Waals surface area contributed by atoms with E-state index in [1.807, 2.05) is 13.8 Å². The summed E-state index contributed by atoms with van der Waals surface area (Å²) >= 11 is 4.51. The van der Waals surface area contributed by atoms with Crippen LogP contribution in [0, 0.1) is 12.8 Å². The number of aryl methyl sites for hydroxylation is 1. The molecule has 0 saturated heterocycles. The van der Waals surface area contributed by atoms with Crippen molar-refractivity contribution in [3.8, 4) is 0 Å². The van der Waals surface area contributed by atoms with Crippen molar-refractivity contribution in [1.82, 2.24) is 4.98 Å². The van der Waals surface area contributed by atoms with Gasteiger partial charge in [0.05, 0.1) is 0 Å². The van der Waals surface area contributed by atoms with Gasteiger partial charge in [0.2, 0.25) is 0 Å². The van der Waals surface area contributed by atoms with Crippen molar-refractivity contribution in [2.24, 2.45) is 5.92 Å². The number of H-pyrrole nitrogens is 1. The molecule has 0 radical (unpaired) electrons. The van der Waals surface area contributed by atoms with E-state index in [0.717, 1.165) is 34.6 Å². The minimum atomic E-state index is 0.0281. The number of aromatic nitrogens is 1. The van der Waals surface area contributed by atoms with Gasteiger partial charge in [0.25, 0.3) is 5.56 Å². The molecule has 0 atom stereocenters. The second-order valence-electron chi connectivity index (χ2n) is 4.34. The van der Waals surface area contributed by atoms with Crippen molar-refractivity contribution in [1.29, 1.82) is 0 Å². The summed E-state index contributed by atoms with van der Waals surface area (Å²) < 4.78 is 0. The summed E-state index contributed by atoms with van der Waals surface area (Å²) in [5, 5.41) is 0. The van der Waals surface area contributed by atoms with Crippen molar-refractivity contribution < 1.29 is 0 Å². The highest BCUT2D eigenvalue weighted by atomic mass is 32.1. The summed E-state index contributed by atoms with van der Waals surface area (Å²) in [6.07, 6.45) is 1.74. The van der Waals surface area contributed by atoms with Crippen molar-refractivity contribution in [3.05, 3.63) is 27.2 Å². The fraction of sp³-hybridized carbons (Fsp3) is 0.583. The molecule has 1 aromatic rings. The first kappa shape index (κ1) is 12.4. The first-order chi connectivity index (χ1) is 6.97. The van der Waals surface area contributed by atoms with Crippen molar-refractivity contribution in [2.45, 2.75) is 45.4 Å². The highest BCUT2D eigenvalue weighted by Gasteiger charge is 2.12. The van der Waals surface area contributed by atoms with Crippen LogP contribution in [0.2, 0.25) is 0 Å². The zero-order chi connectivity index (χ0) is 11.6. The number of hydrogen-bond donors (Lipinski definition) is 2. The molecular weight excluding hydrogens is 206 g/mol. The molecule has 0 aliphatic rings. The minimum Gasteiger partial charge on any atom is -0.325 e. The van der Waals surface area contributed by atoms with E-state index < -0.39 is 0 Å². The maximum atomic E-state index is 11.7. The van der Waals surface area contributed by atoms with Gasteiger partial charge in [-0.1, -0.05) is 20.8 Å². The maximum absolute atomic E-state index is 11.7. The Labute approximate surface area is 96.5 Å². The summed E-state index contributed by atoms with van der Waals surface area (Å²) in [5.41, 5.74) is 2.89. The van der Waals surface area contributed by atoms with Gasteiger partial charge >= 0.3 is 0 Å². The molecule has 0 saturated carbocycles. The third kappa shape index (κ3) is 2.65. The van der Waals surface area contributed by atoms with Gasteiger partial charge in [-0.25, -0.2) is 0 Å². The van der Waals surface area contributed by atoms with Gasteiger partial charge in [0.15, 0.2) is 0 Å². The highest BCUT2D eigenvalue weighted by Crippen LogP contribution is 2.22. The van der Waals surface area contributed by atoms with Crippen LogP contribution in [0.5, 0.6) is 0 Å². The fourth-order valence-corrected chi connectivity index (χ4v) is 2.17. The Morgan fingerprint density at radius 3 is 2.47 bits per heavy atom. The lowest BCUT2D eigenvalue weighted by atomic mass is 9.98. The lowest BCUT2D eigenvalue weighted by Gasteiger charge is -2.13. The smallest absolute Gasteiger partial charge is 0.251 e. The number of pyridine rings is 1. The number of nitrogens with one attached hydrogen (secondary N) is 1. The zero-order valence-electron chi connectivity index (χ0n) is 9.85. The molecule has 0 amide bonds. The van der Waals surface area contributed by atoms with E-state index in [0.29, 0.717) is 5.92 Å². The van der Waals surface area contributed by atoms with Gasteiger partial charge in [0, 0.05) is 16.2 Å². The van der Waals surface area contributed by atoms with Gasteiger partial charge in [-0.3, -0.25) is 4.79 Å². The number of aromatic amines is 1. The van der Waals surface area contributed by atoms with E-state index in [-0.39, 0.29) is 5.56 Å². The van der Waals surface area contributed by atoms with Crippen LogP contribution in [0.4, 0.5) is 0 Å². The van der Waals surface area contributed by atoms with E-state index in [1.165, 1.54) is 0 Å². The number of thiol groups is 1. The Bertz CT molecular complexity index is 407. The zero-order valence-corrected chi connectivity index (χ0v) is 10.7. The molecule has 0 spiro atoms. The van der Waals surface area contributed by atoms with Crippen LogP contribution in [-0.2, 0) is 12.8 Å².